The van der Waals surface area contributed by atoms with E-state index in [0.29, 0.717) is 24.2 Å². The Balaban J connectivity index is 0.00000155. The molecule has 2 aromatic rings. The molecule has 0 amide bonds. The number of hydrogen-bond donors (Lipinski definition) is 3. The fourth-order valence-electron chi connectivity index (χ4n) is 3.53. The molecule has 0 aromatic heterocycles. The predicted molar refractivity (Wildman–Crippen MR) is 118 cm³/mol. The van der Waals surface area contributed by atoms with Gasteiger partial charge >= 0.3 is 0 Å². The summed E-state index contributed by atoms with van der Waals surface area (Å²) >= 11 is 0. The Hall–Kier alpha value is -2.72. The van der Waals surface area contributed by atoms with Crippen molar-refractivity contribution in [1.29, 1.82) is 5.26 Å². The Bertz CT molecular complexity index is 913. The molecule has 2 atom stereocenters. The molecule has 1 fully saturated rings. The molecule has 6 heteroatoms. The summed E-state index contributed by atoms with van der Waals surface area (Å²) in [5.41, 5.74) is 9.79. The molecule has 0 radical (unpaired) electrons. The van der Waals surface area contributed by atoms with Crippen LogP contribution < -0.4 is 11.1 Å². The van der Waals surface area contributed by atoms with E-state index >= 15 is 0 Å². The van der Waals surface area contributed by atoms with Crippen LogP contribution in [0.1, 0.15) is 37.5 Å². The largest absolute Gasteiger partial charge is 0.515 e. The molecule has 2 unspecified atom stereocenters. The Morgan fingerprint density at radius 3 is 2.73 bits per heavy atom. The minimum absolute atomic E-state index is 0.00625. The highest BCUT2D eigenvalue weighted by atomic mass is 19.1. The number of morpholine rings is 1. The Morgan fingerprint density at radius 1 is 1.40 bits per heavy atom. The van der Waals surface area contributed by atoms with Crippen LogP contribution >= 0.6 is 0 Å². The average molecular weight is 412 g/mol. The van der Waals surface area contributed by atoms with Gasteiger partial charge in [0.1, 0.15) is 11.9 Å². The summed E-state index contributed by atoms with van der Waals surface area (Å²) in [4.78, 5) is 0. The minimum Gasteiger partial charge on any atom is -0.515 e. The number of halogens is 1. The van der Waals surface area contributed by atoms with Gasteiger partial charge in [-0.05, 0) is 41.3 Å². The predicted octanol–water partition coefficient (Wildman–Crippen LogP) is 4.17. The molecular weight excluding hydrogens is 381 g/mol. The number of aliphatic hydroxyl groups is 1. The van der Waals surface area contributed by atoms with Crippen LogP contribution in [0.25, 0.3) is 16.7 Å². The first-order valence-corrected chi connectivity index (χ1v) is 10.3. The lowest BCUT2D eigenvalue weighted by atomic mass is 9.86. The molecule has 1 saturated heterocycles. The standard InChI is InChI=1S/C22H24FN3O2.C2H6/c1-14(25)20(13-27)22-16(9-18-12-26-7-8-28-18)3-2-4-19(22)15-5-6-17(11-24)21(23)10-15;1-2/h2-6,10,13-14,18,26-27H,7-9,12,25H2,1H3;1-2H3/b20-13+;. The maximum Gasteiger partial charge on any atom is 0.141 e. The van der Waals surface area contributed by atoms with Crippen LogP contribution in [-0.2, 0) is 11.2 Å². The molecule has 0 saturated carbocycles. The highest BCUT2D eigenvalue weighted by Crippen LogP contribution is 2.34. The summed E-state index contributed by atoms with van der Waals surface area (Å²) in [5.74, 6) is -0.577. The van der Waals surface area contributed by atoms with E-state index in [2.05, 4.69) is 5.32 Å². The molecule has 160 valence electrons. The van der Waals surface area contributed by atoms with E-state index in [9.17, 15) is 9.50 Å². The Kier molecular flexibility index (Phi) is 9.00. The van der Waals surface area contributed by atoms with Gasteiger partial charge in [-0.25, -0.2) is 4.39 Å². The number of aliphatic hydroxyl groups excluding tert-OH is 1. The summed E-state index contributed by atoms with van der Waals surface area (Å²) in [6.07, 6.45) is 1.67. The van der Waals surface area contributed by atoms with Gasteiger partial charge in [0.05, 0.1) is 24.5 Å². The fourth-order valence-corrected chi connectivity index (χ4v) is 3.53. The summed E-state index contributed by atoms with van der Waals surface area (Å²) < 4.78 is 20.1. The van der Waals surface area contributed by atoms with Gasteiger partial charge in [-0.15, -0.1) is 0 Å². The number of nitrogens with zero attached hydrogens (tertiary/aromatic N) is 1. The van der Waals surface area contributed by atoms with E-state index in [-0.39, 0.29) is 11.7 Å². The summed E-state index contributed by atoms with van der Waals surface area (Å²) in [7, 11) is 0. The van der Waals surface area contributed by atoms with Crippen molar-refractivity contribution in [2.45, 2.75) is 39.3 Å². The zero-order chi connectivity index (χ0) is 22.1. The number of ether oxygens (including phenoxy) is 1. The zero-order valence-corrected chi connectivity index (χ0v) is 17.8. The third-order valence-electron chi connectivity index (χ3n) is 4.92. The topological polar surface area (TPSA) is 91.3 Å². The van der Waals surface area contributed by atoms with Crippen molar-refractivity contribution in [2.75, 3.05) is 19.7 Å². The van der Waals surface area contributed by atoms with Crippen LogP contribution in [0.2, 0.25) is 0 Å². The van der Waals surface area contributed by atoms with Crippen molar-refractivity contribution in [2.24, 2.45) is 5.73 Å². The maximum atomic E-state index is 14.2. The van der Waals surface area contributed by atoms with Crippen molar-refractivity contribution in [1.82, 2.24) is 5.32 Å². The number of nitrogens with one attached hydrogen (secondary N) is 1. The first-order chi connectivity index (χ1) is 14.5. The van der Waals surface area contributed by atoms with Gasteiger partial charge in [-0.3, -0.25) is 0 Å². The van der Waals surface area contributed by atoms with Gasteiger partial charge in [-0.1, -0.05) is 38.1 Å². The molecule has 4 N–H and O–H groups in total. The van der Waals surface area contributed by atoms with Gasteiger partial charge in [0.2, 0.25) is 0 Å². The lowest BCUT2D eigenvalue weighted by Crippen LogP contribution is -2.39. The Morgan fingerprint density at radius 2 is 2.17 bits per heavy atom. The van der Waals surface area contributed by atoms with Crippen molar-refractivity contribution < 1.29 is 14.2 Å². The Labute approximate surface area is 178 Å². The molecule has 30 heavy (non-hydrogen) atoms. The molecule has 0 aliphatic carbocycles. The second kappa shape index (κ2) is 11.5. The second-order valence-electron chi connectivity index (χ2n) is 6.92. The van der Waals surface area contributed by atoms with E-state index in [1.54, 1.807) is 13.0 Å². The first-order valence-electron chi connectivity index (χ1n) is 10.3. The van der Waals surface area contributed by atoms with E-state index in [4.69, 9.17) is 15.7 Å². The summed E-state index contributed by atoms with van der Waals surface area (Å²) in [6, 6.07) is 11.7. The van der Waals surface area contributed by atoms with Crippen molar-refractivity contribution >= 4 is 5.57 Å². The smallest absolute Gasteiger partial charge is 0.141 e. The third kappa shape index (κ3) is 5.45. The van der Waals surface area contributed by atoms with Crippen LogP contribution in [-0.4, -0.2) is 36.9 Å². The minimum atomic E-state index is -0.577. The van der Waals surface area contributed by atoms with E-state index in [1.807, 2.05) is 38.1 Å². The normalized spacial score (nSPS) is 17.5. The molecule has 1 aliphatic rings. The van der Waals surface area contributed by atoms with Crippen molar-refractivity contribution in [3.8, 4) is 17.2 Å². The lowest BCUT2D eigenvalue weighted by molar-refractivity contribution is 0.0292. The van der Waals surface area contributed by atoms with Crippen LogP contribution in [0, 0.1) is 17.1 Å². The quantitative estimate of drug-likeness (QED) is 0.643. The van der Waals surface area contributed by atoms with Crippen LogP contribution in [0.3, 0.4) is 0 Å². The molecule has 1 aliphatic heterocycles. The van der Waals surface area contributed by atoms with Crippen molar-refractivity contribution in [3.63, 3.8) is 0 Å². The number of nitriles is 1. The van der Waals surface area contributed by atoms with Gasteiger partial charge < -0.3 is 20.9 Å². The third-order valence-corrected chi connectivity index (χ3v) is 4.92. The van der Waals surface area contributed by atoms with E-state index in [1.165, 1.54) is 12.1 Å². The SMILES string of the molecule is CC.CC(N)/C(=C\O)c1c(CC2CNCCO2)cccc1-c1ccc(C#N)c(F)c1. The number of rotatable bonds is 5. The fraction of sp³-hybridized carbons (Fsp3) is 0.375. The molecule has 3 rings (SSSR count). The molecule has 0 spiro atoms. The monoisotopic (exact) mass is 411 g/mol. The highest BCUT2D eigenvalue weighted by molar-refractivity contribution is 5.84. The summed E-state index contributed by atoms with van der Waals surface area (Å²) in [6.45, 7) is 8.01. The van der Waals surface area contributed by atoms with Crippen LogP contribution in [0.15, 0.2) is 42.7 Å². The lowest BCUT2D eigenvalue weighted by Gasteiger charge is -2.26. The van der Waals surface area contributed by atoms with Crippen LogP contribution in [0.4, 0.5) is 4.39 Å². The van der Waals surface area contributed by atoms with E-state index < -0.39 is 11.9 Å². The molecular formula is C24H30FN3O2. The molecule has 2 aromatic carbocycles. The second-order valence-corrected chi connectivity index (χ2v) is 6.92. The molecule has 0 bridgehead atoms. The maximum absolute atomic E-state index is 14.2. The van der Waals surface area contributed by atoms with Gasteiger partial charge in [0, 0.05) is 31.1 Å². The average Bonchev–Trinajstić information content (AvgIpc) is 2.77. The van der Waals surface area contributed by atoms with Gasteiger partial charge in [-0.2, -0.15) is 5.26 Å². The first kappa shape index (κ1) is 23.6. The molecule has 1 heterocycles. The van der Waals surface area contributed by atoms with Gasteiger partial charge in [0.15, 0.2) is 0 Å². The zero-order valence-electron chi connectivity index (χ0n) is 17.8. The van der Waals surface area contributed by atoms with Crippen molar-refractivity contribution in [3.05, 3.63) is 65.2 Å². The van der Waals surface area contributed by atoms with Gasteiger partial charge in [0.25, 0.3) is 0 Å². The number of benzene rings is 2. The van der Waals surface area contributed by atoms with Crippen LogP contribution in [0.5, 0.6) is 0 Å². The molecule has 5 nitrogen and oxygen atoms in total. The van der Waals surface area contributed by atoms with E-state index in [0.717, 1.165) is 36.0 Å². The summed E-state index contributed by atoms with van der Waals surface area (Å²) in [5, 5.41) is 22.2. The highest BCUT2D eigenvalue weighted by Gasteiger charge is 2.22. The number of hydrogen-bond acceptors (Lipinski definition) is 5. The number of nitrogens with two attached hydrogens (primary N) is 1.